The summed E-state index contributed by atoms with van der Waals surface area (Å²) in [6.45, 7) is 16.5. The fourth-order valence-corrected chi connectivity index (χ4v) is 7.88. The molecule has 3 fully saturated rings. The van der Waals surface area contributed by atoms with Gasteiger partial charge in [0.05, 0.1) is 30.5 Å². The molecule has 3 aromatic rings. The molecule has 5 heterocycles. The number of likely N-dealkylation sites (tertiary alicyclic amines) is 1. The van der Waals surface area contributed by atoms with Gasteiger partial charge in [0.15, 0.2) is 0 Å². The molecule has 0 unspecified atom stereocenters. The van der Waals surface area contributed by atoms with Crippen LogP contribution in [0.15, 0.2) is 48.6 Å². The Bertz CT molecular complexity index is 1720. The number of benzene rings is 2. The second-order valence-electron chi connectivity index (χ2n) is 13.4. The quantitative estimate of drug-likeness (QED) is 0.244. The first-order valence-corrected chi connectivity index (χ1v) is 17.9. The van der Waals surface area contributed by atoms with Gasteiger partial charge >= 0.3 is 6.01 Å². The standard InChI is InChI=1S/C37H45ClN8O3/c1-39-23-29-24-45(17-18-46(29)34(47)12-6-15-43-19-21-48-22-20-43)36-30-13-16-44(33-11-4-8-27-7-3-10-31(38)35(27)33)25-32(30)40-37(41-36)49-26-28-9-5-14-42(28)2/h3-4,6-8,10-12,28-29H,5,9,13-26H2,2H3/b12-6+/t28-,29-/m0/s1. The van der Waals surface area contributed by atoms with Crippen molar-refractivity contribution < 1.29 is 14.3 Å². The summed E-state index contributed by atoms with van der Waals surface area (Å²) in [4.78, 5) is 38.3. The van der Waals surface area contributed by atoms with Crippen LogP contribution in [-0.4, -0.2) is 128 Å². The van der Waals surface area contributed by atoms with Gasteiger partial charge in [0.25, 0.3) is 0 Å². The van der Waals surface area contributed by atoms with Crippen LogP contribution in [0.25, 0.3) is 15.6 Å². The second kappa shape index (κ2) is 15.3. The first-order chi connectivity index (χ1) is 24.0. The molecular weight excluding hydrogens is 640 g/mol. The number of fused-ring (bicyclic) bond motifs is 2. The summed E-state index contributed by atoms with van der Waals surface area (Å²) in [5.74, 6) is 0.820. The van der Waals surface area contributed by atoms with Gasteiger partial charge in [0.2, 0.25) is 12.5 Å². The van der Waals surface area contributed by atoms with Crippen molar-refractivity contribution in [2.75, 3.05) is 95.6 Å². The number of aromatic nitrogens is 2. The van der Waals surface area contributed by atoms with Gasteiger partial charge in [-0.05, 0) is 50.4 Å². The highest BCUT2D eigenvalue weighted by Crippen LogP contribution is 2.37. The SMILES string of the molecule is [C-]#[N+]C[C@H]1CN(c2nc(OC[C@@H]3CCCN3C)nc3c2CCN(c2cccc4cccc(Cl)c24)C3)CCN1C(=O)/C=C/CN1CCOCC1. The van der Waals surface area contributed by atoms with E-state index in [0.717, 1.165) is 104 Å². The summed E-state index contributed by atoms with van der Waals surface area (Å²) in [6, 6.07) is 12.8. The van der Waals surface area contributed by atoms with E-state index in [0.29, 0.717) is 44.8 Å². The van der Waals surface area contributed by atoms with Crippen molar-refractivity contribution in [3.8, 4) is 6.01 Å². The molecule has 12 heteroatoms. The van der Waals surface area contributed by atoms with E-state index in [-0.39, 0.29) is 18.5 Å². The van der Waals surface area contributed by atoms with E-state index in [1.54, 1.807) is 6.08 Å². The summed E-state index contributed by atoms with van der Waals surface area (Å²) < 4.78 is 11.8. The third-order valence-corrected chi connectivity index (χ3v) is 10.7. The van der Waals surface area contributed by atoms with Crippen LogP contribution in [-0.2, 0) is 22.5 Å². The number of ether oxygens (including phenoxy) is 2. The van der Waals surface area contributed by atoms with Gasteiger partial charge in [-0.2, -0.15) is 9.97 Å². The number of carbonyl (C=O) groups excluding carboxylic acids is 1. The van der Waals surface area contributed by atoms with Crippen molar-refractivity contribution in [2.24, 2.45) is 0 Å². The predicted molar refractivity (Wildman–Crippen MR) is 192 cm³/mol. The Balaban J connectivity index is 1.14. The van der Waals surface area contributed by atoms with Gasteiger partial charge in [0, 0.05) is 74.6 Å². The molecule has 258 valence electrons. The zero-order valence-electron chi connectivity index (χ0n) is 28.3. The maximum atomic E-state index is 13.4. The minimum absolute atomic E-state index is 0.0413. The number of anilines is 2. The summed E-state index contributed by atoms with van der Waals surface area (Å²) in [6.07, 6.45) is 6.63. The number of likely N-dealkylation sites (N-methyl/N-ethyl adjacent to an activating group) is 1. The lowest BCUT2D eigenvalue weighted by atomic mass is 10.0. The first kappa shape index (κ1) is 33.5. The number of rotatable bonds is 9. The summed E-state index contributed by atoms with van der Waals surface area (Å²) in [5, 5.41) is 2.89. The van der Waals surface area contributed by atoms with Crippen LogP contribution < -0.4 is 14.5 Å². The molecule has 0 bridgehead atoms. The Morgan fingerprint density at radius 3 is 2.69 bits per heavy atom. The molecule has 0 radical (unpaired) electrons. The number of carbonyl (C=O) groups is 1. The Kier molecular flexibility index (Phi) is 10.5. The van der Waals surface area contributed by atoms with Crippen molar-refractivity contribution in [1.82, 2.24) is 24.7 Å². The Morgan fingerprint density at radius 1 is 1.06 bits per heavy atom. The average molecular weight is 685 g/mol. The van der Waals surface area contributed by atoms with Crippen LogP contribution in [0.1, 0.15) is 24.1 Å². The van der Waals surface area contributed by atoms with Gasteiger partial charge < -0.3 is 33.9 Å². The van der Waals surface area contributed by atoms with E-state index in [1.165, 1.54) is 0 Å². The lowest BCUT2D eigenvalue weighted by Crippen LogP contribution is -2.56. The van der Waals surface area contributed by atoms with Crippen molar-refractivity contribution in [3.63, 3.8) is 0 Å². The molecule has 0 saturated carbocycles. The molecule has 3 saturated heterocycles. The van der Waals surface area contributed by atoms with E-state index in [1.807, 2.05) is 23.1 Å². The van der Waals surface area contributed by atoms with E-state index in [4.69, 9.17) is 37.6 Å². The molecule has 2 atom stereocenters. The van der Waals surface area contributed by atoms with Gasteiger partial charge in [-0.3, -0.25) is 9.69 Å². The van der Waals surface area contributed by atoms with Crippen molar-refractivity contribution in [1.29, 1.82) is 0 Å². The molecule has 0 spiro atoms. The van der Waals surface area contributed by atoms with Crippen molar-refractivity contribution in [2.45, 2.75) is 37.9 Å². The molecule has 2 aromatic carbocycles. The molecule has 49 heavy (non-hydrogen) atoms. The maximum Gasteiger partial charge on any atom is 0.318 e. The van der Waals surface area contributed by atoms with Crippen LogP contribution in [0.3, 0.4) is 0 Å². The molecular formula is C37H45ClN8O3. The summed E-state index contributed by atoms with van der Waals surface area (Å²) >= 11 is 6.74. The van der Waals surface area contributed by atoms with Gasteiger partial charge in [-0.15, -0.1) is 0 Å². The predicted octanol–water partition coefficient (Wildman–Crippen LogP) is 4.14. The number of morpholine rings is 1. The molecule has 0 aliphatic carbocycles. The first-order valence-electron chi connectivity index (χ1n) is 17.5. The van der Waals surface area contributed by atoms with Gasteiger partial charge in [-0.1, -0.05) is 41.9 Å². The fourth-order valence-electron chi connectivity index (χ4n) is 7.60. The lowest BCUT2D eigenvalue weighted by Gasteiger charge is -2.41. The third kappa shape index (κ3) is 7.48. The Morgan fingerprint density at radius 2 is 1.90 bits per heavy atom. The highest BCUT2D eigenvalue weighted by atomic mass is 35.5. The highest BCUT2D eigenvalue weighted by molar-refractivity contribution is 6.36. The minimum Gasteiger partial charge on any atom is -0.462 e. The number of hydrogen-bond donors (Lipinski definition) is 0. The van der Waals surface area contributed by atoms with Crippen molar-refractivity contribution >= 4 is 39.8 Å². The van der Waals surface area contributed by atoms with Crippen LogP contribution in [0.5, 0.6) is 6.01 Å². The maximum absolute atomic E-state index is 13.4. The largest absolute Gasteiger partial charge is 0.462 e. The molecule has 4 aliphatic rings. The van der Waals surface area contributed by atoms with Gasteiger partial charge in [-0.25, -0.2) is 6.57 Å². The second-order valence-corrected chi connectivity index (χ2v) is 13.8. The number of hydrogen-bond acceptors (Lipinski definition) is 9. The molecule has 0 N–H and O–H groups in total. The minimum atomic E-state index is -0.244. The monoisotopic (exact) mass is 684 g/mol. The normalized spacial score (nSPS) is 22.1. The lowest BCUT2D eigenvalue weighted by molar-refractivity contribution is -0.128. The van der Waals surface area contributed by atoms with Crippen LogP contribution in [0, 0.1) is 6.57 Å². The number of nitrogens with zero attached hydrogens (tertiary/aromatic N) is 8. The van der Waals surface area contributed by atoms with E-state index >= 15 is 0 Å². The molecule has 7 rings (SSSR count). The van der Waals surface area contributed by atoms with Gasteiger partial charge in [0.1, 0.15) is 18.5 Å². The van der Waals surface area contributed by atoms with Crippen LogP contribution >= 0.6 is 11.6 Å². The zero-order valence-corrected chi connectivity index (χ0v) is 29.0. The topological polar surface area (TPSA) is 81.9 Å². The number of amides is 1. The summed E-state index contributed by atoms with van der Waals surface area (Å²) in [7, 11) is 2.14. The van der Waals surface area contributed by atoms with Crippen LogP contribution in [0.2, 0.25) is 5.02 Å². The highest BCUT2D eigenvalue weighted by Gasteiger charge is 2.35. The molecule has 1 aromatic heterocycles. The third-order valence-electron chi connectivity index (χ3n) is 10.4. The molecule has 4 aliphatic heterocycles. The Labute approximate surface area is 293 Å². The number of piperazine rings is 1. The average Bonchev–Trinajstić information content (AvgIpc) is 3.54. The fraction of sp³-hybridized carbons (Fsp3) is 0.514. The Hall–Kier alpha value is -3.95. The van der Waals surface area contributed by atoms with E-state index in [9.17, 15) is 4.79 Å². The number of halogens is 1. The molecule has 1 amide bonds. The van der Waals surface area contributed by atoms with Crippen LogP contribution in [0.4, 0.5) is 11.5 Å². The summed E-state index contributed by atoms with van der Waals surface area (Å²) in [5.41, 5.74) is 3.15. The van der Waals surface area contributed by atoms with Crippen molar-refractivity contribution in [3.05, 3.63) is 76.2 Å². The smallest absolute Gasteiger partial charge is 0.318 e. The van der Waals surface area contributed by atoms with E-state index in [2.05, 4.69) is 55.8 Å². The molecule has 11 nitrogen and oxygen atoms in total. The van der Waals surface area contributed by atoms with E-state index < -0.39 is 0 Å². The zero-order chi connectivity index (χ0) is 33.7.